The minimum absolute atomic E-state index is 0.449. The van der Waals surface area contributed by atoms with E-state index in [-0.39, 0.29) is 0 Å². The maximum atomic E-state index is 5.77. The topological polar surface area (TPSA) is 77.7 Å². The Morgan fingerprint density at radius 1 is 1.21 bits per heavy atom. The van der Waals surface area contributed by atoms with E-state index in [0.29, 0.717) is 25.4 Å². The molecule has 19 heavy (non-hydrogen) atoms. The molecule has 100 valence electrons. The zero-order valence-electron chi connectivity index (χ0n) is 10.4. The van der Waals surface area contributed by atoms with E-state index in [1.54, 1.807) is 0 Å². The van der Waals surface area contributed by atoms with Gasteiger partial charge in [0, 0.05) is 13.0 Å². The number of hydrogen-bond acceptors (Lipinski definition) is 7. The molecule has 0 bridgehead atoms. The first-order valence-corrected chi connectivity index (χ1v) is 6.43. The summed E-state index contributed by atoms with van der Waals surface area (Å²) in [4.78, 5) is 2.16. The zero-order chi connectivity index (χ0) is 12.7. The summed E-state index contributed by atoms with van der Waals surface area (Å²) in [5.74, 6) is 0.396. The largest absolute Gasteiger partial charge is 0.350 e. The van der Waals surface area contributed by atoms with Crippen LogP contribution in [0.15, 0.2) is 12.1 Å². The van der Waals surface area contributed by atoms with Gasteiger partial charge in [-0.2, -0.15) is 0 Å². The Labute approximate surface area is 109 Å². The standard InChI is InChI=1S/C11H14N6O2/c1-4-11(18-6-7-19-11)8-16(5-1)10-3-2-9-12-14-15-17(9)13-10/h2-3H,1,4-8H2. The van der Waals surface area contributed by atoms with Gasteiger partial charge in [-0.15, -0.1) is 14.8 Å². The molecular weight excluding hydrogens is 248 g/mol. The van der Waals surface area contributed by atoms with E-state index in [0.717, 1.165) is 25.2 Å². The summed E-state index contributed by atoms with van der Waals surface area (Å²) in [5.41, 5.74) is 0.642. The second-order valence-electron chi connectivity index (χ2n) is 4.85. The highest BCUT2D eigenvalue weighted by molar-refractivity contribution is 5.44. The highest BCUT2D eigenvalue weighted by Gasteiger charge is 2.41. The molecule has 2 aliphatic heterocycles. The fraction of sp³-hybridized carbons (Fsp3) is 0.636. The lowest BCUT2D eigenvalue weighted by Gasteiger charge is -2.38. The summed E-state index contributed by atoms with van der Waals surface area (Å²) >= 11 is 0. The SMILES string of the molecule is c1cc2nnnn2nc1N1CCCC2(C1)OCCO2. The van der Waals surface area contributed by atoms with E-state index in [2.05, 4.69) is 25.5 Å². The van der Waals surface area contributed by atoms with Gasteiger partial charge in [-0.25, -0.2) is 0 Å². The maximum absolute atomic E-state index is 5.77. The predicted molar refractivity (Wildman–Crippen MR) is 64.7 cm³/mol. The van der Waals surface area contributed by atoms with Crippen LogP contribution in [-0.2, 0) is 9.47 Å². The third-order valence-electron chi connectivity index (χ3n) is 3.61. The van der Waals surface area contributed by atoms with Gasteiger partial charge in [0.25, 0.3) is 0 Å². The second-order valence-corrected chi connectivity index (χ2v) is 4.85. The molecule has 2 saturated heterocycles. The van der Waals surface area contributed by atoms with Crippen LogP contribution in [0.25, 0.3) is 5.65 Å². The van der Waals surface area contributed by atoms with Gasteiger partial charge in [-0.1, -0.05) is 0 Å². The van der Waals surface area contributed by atoms with E-state index in [1.807, 2.05) is 12.1 Å². The number of piperidine rings is 1. The van der Waals surface area contributed by atoms with Crippen LogP contribution in [0.3, 0.4) is 0 Å². The van der Waals surface area contributed by atoms with Crippen LogP contribution in [0.1, 0.15) is 12.8 Å². The van der Waals surface area contributed by atoms with Crippen molar-refractivity contribution < 1.29 is 9.47 Å². The molecule has 0 aromatic carbocycles. The normalized spacial score (nSPS) is 22.4. The number of fused-ring (bicyclic) bond motifs is 1. The van der Waals surface area contributed by atoms with Crippen molar-refractivity contribution in [2.24, 2.45) is 0 Å². The van der Waals surface area contributed by atoms with Gasteiger partial charge in [-0.05, 0) is 29.0 Å². The zero-order valence-corrected chi connectivity index (χ0v) is 10.4. The molecule has 1 spiro atoms. The van der Waals surface area contributed by atoms with Crippen LogP contribution < -0.4 is 4.90 Å². The number of anilines is 1. The maximum Gasteiger partial charge on any atom is 0.200 e. The number of hydrogen-bond donors (Lipinski definition) is 0. The molecule has 0 unspecified atom stereocenters. The van der Waals surface area contributed by atoms with Crippen molar-refractivity contribution in [1.29, 1.82) is 0 Å². The molecule has 2 aromatic rings. The summed E-state index contributed by atoms with van der Waals surface area (Å²) in [6.07, 6.45) is 1.96. The van der Waals surface area contributed by atoms with Gasteiger partial charge in [0.15, 0.2) is 17.3 Å². The van der Waals surface area contributed by atoms with E-state index < -0.39 is 5.79 Å². The first-order chi connectivity index (χ1) is 9.35. The summed E-state index contributed by atoms with van der Waals surface area (Å²) in [5, 5.41) is 15.7. The van der Waals surface area contributed by atoms with Crippen molar-refractivity contribution in [2.75, 3.05) is 31.2 Å². The van der Waals surface area contributed by atoms with E-state index in [1.165, 1.54) is 4.63 Å². The molecule has 0 atom stereocenters. The number of rotatable bonds is 1. The summed E-state index contributed by atoms with van der Waals surface area (Å²) in [7, 11) is 0. The first-order valence-electron chi connectivity index (χ1n) is 6.43. The van der Waals surface area contributed by atoms with Gasteiger partial charge in [0.05, 0.1) is 19.8 Å². The predicted octanol–water partition coefficient (Wildman–Crippen LogP) is -0.137. The highest BCUT2D eigenvalue weighted by atomic mass is 16.7. The van der Waals surface area contributed by atoms with Crippen molar-refractivity contribution in [3.8, 4) is 0 Å². The van der Waals surface area contributed by atoms with Crippen LogP contribution in [0.4, 0.5) is 5.82 Å². The van der Waals surface area contributed by atoms with Gasteiger partial charge < -0.3 is 14.4 Å². The van der Waals surface area contributed by atoms with E-state index in [4.69, 9.17) is 9.47 Å². The number of tetrazole rings is 1. The van der Waals surface area contributed by atoms with Crippen LogP contribution >= 0.6 is 0 Å². The van der Waals surface area contributed by atoms with Crippen molar-refractivity contribution in [1.82, 2.24) is 25.3 Å². The lowest BCUT2D eigenvalue weighted by Crippen LogP contribution is -2.49. The molecule has 0 aliphatic carbocycles. The van der Waals surface area contributed by atoms with Gasteiger partial charge in [0.2, 0.25) is 0 Å². The minimum atomic E-state index is -0.449. The lowest BCUT2D eigenvalue weighted by molar-refractivity contribution is -0.161. The van der Waals surface area contributed by atoms with Gasteiger partial charge >= 0.3 is 0 Å². The molecule has 4 heterocycles. The lowest BCUT2D eigenvalue weighted by atomic mass is 10.0. The molecule has 2 aliphatic rings. The molecular formula is C11H14N6O2. The average Bonchev–Trinajstić information content (AvgIpc) is 3.07. The minimum Gasteiger partial charge on any atom is -0.350 e. The van der Waals surface area contributed by atoms with Crippen LogP contribution in [0.5, 0.6) is 0 Å². The van der Waals surface area contributed by atoms with Crippen molar-refractivity contribution in [2.45, 2.75) is 18.6 Å². The number of nitrogens with zero attached hydrogens (tertiary/aromatic N) is 6. The summed E-state index contributed by atoms with van der Waals surface area (Å²) in [6, 6.07) is 3.79. The van der Waals surface area contributed by atoms with Crippen molar-refractivity contribution >= 4 is 11.5 Å². The Morgan fingerprint density at radius 2 is 2.11 bits per heavy atom. The van der Waals surface area contributed by atoms with Crippen LogP contribution in [0.2, 0.25) is 0 Å². The average molecular weight is 262 g/mol. The molecule has 0 N–H and O–H groups in total. The smallest absolute Gasteiger partial charge is 0.200 e. The molecule has 4 rings (SSSR count). The number of ether oxygens (including phenoxy) is 2. The Kier molecular flexibility index (Phi) is 2.39. The Bertz CT molecular complexity index is 594. The number of aromatic nitrogens is 5. The molecule has 0 radical (unpaired) electrons. The van der Waals surface area contributed by atoms with Crippen LogP contribution in [0, 0.1) is 0 Å². The first kappa shape index (κ1) is 11.1. The second kappa shape index (κ2) is 4.10. The summed E-state index contributed by atoms with van der Waals surface area (Å²) in [6.45, 7) is 2.99. The van der Waals surface area contributed by atoms with Crippen molar-refractivity contribution in [3.63, 3.8) is 0 Å². The molecule has 2 aromatic heterocycles. The Morgan fingerprint density at radius 3 is 3.00 bits per heavy atom. The van der Waals surface area contributed by atoms with Gasteiger partial charge in [0.1, 0.15) is 0 Å². The van der Waals surface area contributed by atoms with E-state index >= 15 is 0 Å². The Balaban J connectivity index is 1.63. The highest BCUT2D eigenvalue weighted by Crippen LogP contribution is 2.31. The fourth-order valence-electron chi connectivity index (χ4n) is 2.73. The van der Waals surface area contributed by atoms with Crippen LogP contribution in [-0.4, -0.2) is 57.3 Å². The van der Waals surface area contributed by atoms with E-state index in [9.17, 15) is 0 Å². The molecule has 2 fully saturated rings. The quantitative estimate of drug-likeness (QED) is 0.708. The Hall–Kier alpha value is -1.80. The summed E-state index contributed by atoms with van der Waals surface area (Å²) < 4.78 is 13.0. The van der Waals surface area contributed by atoms with Gasteiger partial charge in [-0.3, -0.25) is 0 Å². The molecule has 0 saturated carbocycles. The fourth-order valence-corrected chi connectivity index (χ4v) is 2.73. The molecule has 0 amide bonds. The molecule has 8 heteroatoms. The third kappa shape index (κ3) is 1.83. The molecule has 8 nitrogen and oxygen atoms in total. The monoisotopic (exact) mass is 262 g/mol. The van der Waals surface area contributed by atoms with Crippen molar-refractivity contribution in [3.05, 3.63) is 12.1 Å². The third-order valence-corrected chi connectivity index (χ3v) is 3.61.